The normalized spacial score (nSPS) is 19.8. The third kappa shape index (κ3) is 2.11. The molecule has 19 heavy (non-hydrogen) atoms. The van der Waals surface area contributed by atoms with Crippen LogP contribution in [-0.2, 0) is 0 Å². The number of carbonyl (C=O) groups excluding carboxylic acids is 2. The summed E-state index contributed by atoms with van der Waals surface area (Å²) in [6.45, 7) is 0.534. The van der Waals surface area contributed by atoms with Crippen molar-refractivity contribution in [1.82, 2.24) is 4.90 Å². The van der Waals surface area contributed by atoms with Crippen LogP contribution in [0.25, 0.3) is 0 Å². The van der Waals surface area contributed by atoms with Crippen molar-refractivity contribution in [1.29, 1.82) is 0 Å². The van der Waals surface area contributed by atoms with Crippen molar-refractivity contribution in [3.8, 4) is 0 Å². The van der Waals surface area contributed by atoms with Crippen molar-refractivity contribution in [2.45, 2.75) is 19.3 Å². The summed E-state index contributed by atoms with van der Waals surface area (Å²) in [6.07, 6.45) is 2.61. The molecule has 2 amide bonds. The fourth-order valence-corrected chi connectivity index (χ4v) is 3.00. The molecule has 0 unspecified atom stereocenters. The number of aliphatic hydroxyl groups excluding tert-OH is 1. The van der Waals surface area contributed by atoms with Crippen molar-refractivity contribution >= 4 is 27.7 Å². The summed E-state index contributed by atoms with van der Waals surface area (Å²) < 4.78 is 0.797. The average Bonchev–Trinajstić information content (AvgIpc) is 3.10. The van der Waals surface area contributed by atoms with Gasteiger partial charge in [-0.2, -0.15) is 0 Å². The van der Waals surface area contributed by atoms with Gasteiger partial charge in [0.25, 0.3) is 11.8 Å². The van der Waals surface area contributed by atoms with Crippen LogP contribution in [0.4, 0.5) is 0 Å². The molecule has 4 nitrogen and oxygen atoms in total. The van der Waals surface area contributed by atoms with Gasteiger partial charge in [-0.05, 0) is 42.9 Å². The molecule has 1 aromatic carbocycles. The topological polar surface area (TPSA) is 57.6 Å². The Morgan fingerprint density at radius 3 is 2.53 bits per heavy atom. The fourth-order valence-electron chi connectivity index (χ4n) is 2.64. The molecule has 0 aromatic heterocycles. The smallest absolute Gasteiger partial charge is 0.261 e. The van der Waals surface area contributed by atoms with E-state index in [0.29, 0.717) is 24.1 Å². The second-order valence-corrected chi connectivity index (χ2v) is 6.28. The molecule has 1 heterocycles. The average molecular weight is 324 g/mol. The van der Waals surface area contributed by atoms with Crippen LogP contribution in [0.1, 0.15) is 40.0 Å². The Kier molecular flexibility index (Phi) is 2.98. The van der Waals surface area contributed by atoms with Gasteiger partial charge >= 0.3 is 0 Å². The zero-order valence-corrected chi connectivity index (χ0v) is 11.9. The van der Waals surface area contributed by atoms with Crippen molar-refractivity contribution in [2.75, 3.05) is 13.2 Å². The number of aliphatic hydroxyl groups is 1. The molecular weight excluding hydrogens is 310 g/mol. The number of nitrogens with zero attached hydrogens (tertiary/aromatic N) is 1. The molecule has 1 aromatic rings. The minimum atomic E-state index is -0.217. The minimum absolute atomic E-state index is 0.0423. The van der Waals surface area contributed by atoms with E-state index in [2.05, 4.69) is 15.9 Å². The van der Waals surface area contributed by atoms with Crippen LogP contribution in [0.2, 0.25) is 0 Å². The first kappa shape index (κ1) is 12.8. The molecule has 0 saturated heterocycles. The second-order valence-electron chi connectivity index (χ2n) is 5.36. The van der Waals surface area contributed by atoms with E-state index in [1.807, 2.05) is 0 Å². The Balaban J connectivity index is 1.86. The van der Waals surface area contributed by atoms with Gasteiger partial charge in [0.05, 0.1) is 11.1 Å². The lowest BCUT2D eigenvalue weighted by atomic mass is 10.0. The highest BCUT2D eigenvalue weighted by Crippen LogP contribution is 2.50. The molecule has 1 fully saturated rings. The van der Waals surface area contributed by atoms with E-state index in [0.717, 1.165) is 17.3 Å². The number of amides is 2. The molecule has 1 aliphatic heterocycles. The van der Waals surface area contributed by atoms with Gasteiger partial charge in [-0.1, -0.05) is 15.9 Å². The number of halogens is 1. The van der Waals surface area contributed by atoms with E-state index < -0.39 is 0 Å². The summed E-state index contributed by atoms with van der Waals surface area (Å²) in [5.41, 5.74) is 0.909. The SMILES string of the molecule is O=C1c2ccc(Br)cc2C(=O)N1CC1(CCO)CC1. The van der Waals surface area contributed by atoms with Crippen LogP contribution in [0.3, 0.4) is 0 Å². The monoisotopic (exact) mass is 323 g/mol. The highest BCUT2D eigenvalue weighted by Gasteiger charge is 2.47. The first-order valence-corrected chi connectivity index (χ1v) is 7.12. The minimum Gasteiger partial charge on any atom is -0.396 e. The van der Waals surface area contributed by atoms with Crippen LogP contribution in [0.15, 0.2) is 22.7 Å². The molecule has 1 saturated carbocycles. The van der Waals surface area contributed by atoms with Gasteiger partial charge in [0, 0.05) is 17.6 Å². The lowest BCUT2D eigenvalue weighted by molar-refractivity contribution is 0.0608. The number of imide groups is 1. The zero-order chi connectivity index (χ0) is 13.6. The van der Waals surface area contributed by atoms with Crippen molar-refractivity contribution in [3.63, 3.8) is 0 Å². The zero-order valence-electron chi connectivity index (χ0n) is 10.4. The van der Waals surface area contributed by atoms with Gasteiger partial charge in [0.15, 0.2) is 0 Å². The Labute approximate surface area is 119 Å². The molecular formula is C14H14BrNO3. The third-order valence-corrected chi connectivity index (χ3v) is 4.52. The summed E-state index contributed by atoms with van der Waals surface area (Å²) in [4.78, 5) is 25.9. The Morgan fingerprint density at radius 1 is 1.21 bits per heavy atom. The summed E-state index contributed by atoms with van der Waals surface area (Å²) in [5, 5.41) is 9.06. The highest BCUT2D eigenvalue weighted by atomic mass is 79.9. The van der Waals surface area contributed by atoms with Crippen molar-refractivity contribution < 1.29 is 14.7 Å². The van der Waals surface area contributed by atoms with Gasteiger partial charge in [-0.3, -0.25) is 14.5 Å². The van der Waals surface area contributed by atoms with Crippen LogP contribution < -0.4 is 0 Å². The van der Waals surface area contributed by atoms with E-state index in [1.165, 1.54) is 4.90 Å². The van der Waals surface area contributed by atoms with Gasteiger partial charge < -0.3 is 5.11 Å². The van der Waals surface area contributed by atoms with Gasteiger partial charge in [0.1, 0.15) is 0 Å². The Morgan fingerprint density at radius 2 is 1.89 bits per heavy atom. The predicted octanol–water partition coefficient (Wildman–Crippen LogP) is 2.21. The van der Waals surface area contributed by atoms with E-state index in [1.54, 1.807) is 18.2 Å². The first-order chi connectivity index (χ1) is 9.06. The maximum atomic E-state index is 12.3. The van der Waals surface area contributed by atoms with Crippen LogP contribution in [0.5, 0.6) is 0 Å². The predicted molar refractivity (Wildman–Crippen MR) is 72.9 cm³/mol. The van der Waals surface area contributed by atoms with Crippen LogP contribution in [-0.4, -0.2) is 35.0 Å². The fraction of sp³-hybridized carbons (Fsp3) is 0.429. The molecule has 1 aliphatic carbocycles. The maximum absolute atomic E-state index is 12.3. The molecule has 0 radical (unpaired) electrons. The Bertz CT molecular complexity index is 566. The summed E-state index contributed by atoms with van der Waals surface area (Å²) in [7, 11) is 0. The molecule has 5 heteroatoms. The van der Waals surface area contributed by atoms with Crippen LogP contribution in [0, 0.1) is 5.41 Å². The molecule has 1 N–H and O–H groups in total. The van der Waals surface area contributed by atoms with Crippen molar-refractivity contribution in [2.24, 2.45) is 5.41 Å². The number of fused-ring (bicyclic) bond motifs is 1. The molecule has 100 valence electrons. The van der Waals surface area contributed by atoms with E-state index in [4.69, 9.17) is 5.11 Å². The quantitative estimate of drug-likeness (QED) is 0.864. The number of benzene rings is 1. The summed E-state index contributed by atoms with van der Waals surface area (Å²) in [5.74, 6) is -0.428. The van der Waals surface area contributed by atoms with Crippen LogP contribution >= 0.6 is 15.9 Å². The molecule has 0 atom stereocenters. The van der Waals surface area contributed by atoms with E-state index in [-0.39, 0.29) is 23.8 Å². The van der Waals surface area contributed by atoms with E-state index in [9.17, 15) is 9.59 Å². The van der Waals surface area contributed by atoms with Gasteiger partial charge in [-0.25, -0.2) is 0 Å². The highest BCUT2D eigenvalue weighted by molar-refractivity contribution is 9.10. The largest absolute Gasteiger partial charge is 0.396 e. The lowest BCUT2D eigenvalue weighted by Crippen LogP contribution is -2.35. The van der Waals surface area contributed by atoms with Crippen molar-refractivity contribution in [3.05, 3.63) is 33.8 Å². The van der Waals surface area contributed by atoms with E-state index >= 15 is 0 Å². The summed E-state index contributed by atoms with van der Waals surface area (Å²) in [6, 6.07) is 5.15. The molecule has 0 bridgehead atoms. The number of hydrogen-bond donors (Lipinski definition) is 1. The second kappa shape index (κ2) is 4.42. The maximum Gasteiger partial charge on any atom is 0.261 e. The Hall–Kier alpha value is -1.20. The first-order valence-electron chi connectivity index (χ1n) is 6.33. The van der Waals surface area contributed by atoms with Gasteiger partial charge in [-0.15, -0.1) is 0 Å². The number of hydrogen-bond acceptors (Lipinski definition) is 3. The molecule has 3 rings (SSSR count). The number of carbonyl (C=O) groups is 2. The van der Waals surface area contributed by atoms with Gasteiger partial charge in [0.2, 0.25) is 0 Å². The lowest BCUT2D eigenvalue weighted by Gasteiger charge is -2.21. The standard InChI is InChI=1S/C14H14BrNO3/c15-9-1-2-10-11(7-9)13(19)16(12(10)18)8-14(3-4-14)5-6-17/h1-2,7,17H,3-6,8H2. The molecule has 0 spiro atoms. The number of rotatable bonds is 4. The molecule has 2 aliphatic rings. The third-order valence-electron chi connectivity index (χ3n) is 4.03. The summed E-state index contributed by atoms with van der Waals surface area (Å²) >= 11 is 3.32.